The number of aryl methyl sites for hydroxylation is 1. The fraction of sp³-hybridized carbons (Fsp3) is 0.188. The lowest BCUT2D eigenvalue weighted by Crippen LogP contribution is -2.15. The molecule has 8 heteroatoms. The van der Waals surface area contributed by atoms with Crippen molar-refractivity contribution >= 4 is 16.0 Å². The minimum Gasteiger partial charge on any atom is -0.494 e. The summed E-state index contributed by atoms with van der Waals surface area (Å²) in [6.45, 7) is 1.40. The number of hydrogen-bond donors (Lipinski definition) is 1. The molecule has 0 aliphatic carbocycles. The van der Waals surface area contributed by atoms with Crippen molar-refractivity contribution in [3.05, 3.63) is 58.9 Å². The predicted molar refractivity (Wildman–Crippen MR) is 84.6 cm³/mol. The van der Waals surface area contributed by atoms with E-state index in [0.717, 1.165) is 6.07 Å². The highest BCUT2D eigenvalue weighted by Crippen LogP contribution is 2.19. The van der Waals surface area contributed by atoms with Crippen molar-refractivity contribution in [3.63, 3.8) is 0 Å². The first-order valence-electron chi connectivity index (χ1n) is 6.85. The topological polar surface area (TPSA) is 95.7 Å². The van der Waals surface area contributed by atoms with Gasteiger partial charge in [-0.3, -0.25) is 0 Å². The number of nitrogens with two attached hydrogens (primary N) is 1. The fourth-order valence-corrected chi connectivity index (χ4v) is 2.87. The Kier molecular flexibility index (Phi) is 5.20. The van der Waals surface area contributed by atoms with Crippen molar-refractivity contribution in [2.45, 2.75) is 18.4 Å². The van der Waals surface area contributed by atoms with Gasteiger partial charge in [0.1, 0.15) is 6.61 Å². The van der Waals surface area contributed by atoms with Crippen LogP contribution >= 0.6 is 0 Å². The van der Waals surface area contributed by atoms with E-state index in [4.69, 9.17) is 14.6 Å². The van der Waals surface area contributed by atoms with E-state index in [1.165, 1.54) is 31.4 Å². The molecule has 0 saturated heterocycles. The van der Waals surface area contributed by atoms with Crippen LogP contribution in [0, 0.1) is 12.7 Å². The quantitative estimate of drug-likeness (QED) is 0.831. The van der Waals surface area contributed by atoms with Gasteiger partial charge in [-0.2, -0.15) is 0 Å². The van der Waals surface area contributed by atoms with Crippen LogP contribution in [0.1, 0.15) is 21.5 Å². The monoisotopic (exact) mass is 353 g/mol. The summed E-state index contributed by atoms with van der Waals surface area (Å²) in [5.74, 6) is -1.23. The molecule has 0 amide bonds. The van der Waals surface area contributed by atoms with Gasteiger partial charge >= 0.3 is 5.97 Å². The van der Waals surface area contributed by atoms with Gasteiger partial charge in [0, 0.05) is 0 Å². The second-order valence-corrected chi connectivity index (χ2v) is 6.60. The first-order chi connectivity index (χ1) is 11.2. The highest BCUT2D eigenvalue weighted by atomic mass is 32.2. The molecule has 0 bridgehead atoms. The maximum Gasteiger partial charge on any atom is 0.338 e. The molecule has 6 nitrogen and oxygen atoms in total. The normalized spacial score (nSPS) is 11.2. The molecule has 0 heterocycles. The summed E-state index contributed by atoms with van der Waals surface area (Å²) < 4.78 is 46.4. The Morgan fingerprint density at radius 3 is 2.50 bits per heavy atom. The van der Waals surface area contributed by atoms with Crippen molar-refractivity contribution in [2.24, 2.45) is 5.14 Å². The number of halogens is 1. The summed E-state index contributed by atoms with van der Waals surface area (Å²) in [4.78, 5) is 11.9. The molecule has 0 saturated carbocycles. The van der Waals surface area contributed by atoms with Crippen LogP contribution in [-0.4, -0.2) is 21.5 Å². The third-order valence-corrected chi connectivity index (χ3v) is 4.37. The molecule has 0 radical (unpaired) electrons. The minimum absolute atomic E-state index is 0.0404. The summed E-state index contributed by atoms with van der Waals surface area (Å²) in [7, 11) is -2.60. The van der Waals surface area contributed by atoms with Crippen molar-refractivity contribution in [1.29, 1.82) is 0 Å². The number of esters is 1. The van der Waals surface area contributed by atoms with Crippen LogP contribution in [0.25, 0.3) is 0 Å². The lowest BCUT2D eigenvalue weighted by Gasteiger charge is -2.09. The van der Waals surface area contributed by atoms with Gasteiger partial charge in [0.25, 0.3) is 0 Å². The maximum atomic E-state index is 13.6. The minimum atomic E-state index is -3.94. The third-order valence-electron chi connectivity index (χ3n) is 3.32. The van der Waals surface area contributed by atoms with Crippen LogP contribution in [-0.2, 0) is 21.4 Å². The smallest absolute Gasteiger partial charge is 0.338 e. The number of rotatable bonds is 5. The molecule has 0 unspecified atom stereocenters. The summed E-state index contributed by atoms with van der Waals surface area (Å²) in [6, 6.07) is 8.21. The number of primary sulfonamides is 1. The van der Waals surface area contributed by atoms with E-state index in [-0.39, 0.29) is 22.8 Å². The van der Waals surface area contributed by atoms with Crippen molar-refractivity contribution in [3.8, 4) is 5.75 Å². The zero-order valence-electron chi connectivity index (χ0n) is 13.1. The molecule has 0 fully saturated rings. The largest absolute Gasteiger partial charge is 0.494 e. The van der Waals surface area contributed by atoms with Crippen LogP contribution in [0.4, 0.5) is 4.39 Å². The number of methoxy groups -OCH3 is 1. The molecule has 2 N–H and O–H groups in total. The SMILES string of the molecule is COc1ccc(COC(=O)c2ccc(C)c(S(N)(=O)=O)c2)cc1F. The zero-order chi connectivity index (χ0) is 17.9. The number of hydrogen-bond acceptors (Lipinski definition) is 5. The molecular weight excluding hydrogens is 337 g/mol. The Bertz CT molecular complexity index is 880. The number of carbonyl (C=O) groups is 1. The highest BCUT2D eigenvalue weighted by molar-refractivity contribution is 7.89. The van der Waals surface area contributed by atoms with Crippen molar-refractivity contribution in [2.75, 3.05) is 7.11 Å². The van der Waals surface area contributed by atoms with Gasteiger partial charge in [0.15, 0.2) is 11.6 Å². The summed E-state index contributed by atoms with van der Waals surface area (Å²) in [5, 5.41) is 5.10. The molecule has 0 atom stereocenters. The van der Waals surface area contributed by atoms with Crippen molar-refractivity contribution in [1.82, 2.24) is 0 Å². The van der Waals surface area contributed by atoms with Crippen molar-refractivity contribution < 1.29 is 27.1 Å². The molecule has 0 aromatic heterocycles. The van der Waals surface area contributed by atoms with Gasteiger partial charge in [-0.25, -0.2) is 22.7 Å². The lowest BCUT2D eigenvalue weighted by atomic mass is 10.1. The molecule has 128 valence electrons. The number of benzene rings is 2. The van der Waals surface area contributed by atoms with Crippen LogP contribution in [0.3, 0.4) is 0 Å². The highest BCUT2D eigenvalue weighted by Gasteiger charge is 2.16. The molecule has 2 rings (SSSR count). The first kappa shape index (κ1) is 17.9. The summed E-state index contributed by atoms with van der Waals surface area (Å²) >= 11 is 0. The molecule has 24 heavy (non-hydrogen) atoms. The predicted octanol–water partition coefficient (Wildman–Crippen LogP) is 2.15. The second kappa shape index (κ2) is 6.98. The number of ether oxygens (including phenoxy) is 2. The molecule has 2 aromatic carbocycles. The Hall–Kier alpha value is -2.45. The molecular formula is C16H16FNO5S. The zero-order valence-corrected chi connectivity index (χ0v) is 13.9. The number of carbonyl (C=O) groups excluding carboxylic acids is 1. The Labute approximate surface area is 139 Å². The van der Waals surface area contributed by atoms with E-state index >= 15 is 0 Å². The van der Waals surface area contributed by atoms with Gasteiger partial charge in [-0.1, -0.05) is 12.1 Å². The second-order valence-electron chi connectivity index (χ2n) is 5.07. The first-order valence-corrected chi connectivity index (χ1v) is 8.40. The van der Waals surface area contributed by atoms with E-state index in [0.29, 0.717) is 11.1 Å². The van der Waals surface area contributed by atoms with E-state index in [1.807, 2.05) is 0 Å². The van der Waals surface area contributed by atoms with Crippen LogP contribution in [0.15, 0.2) is 41.3 Å². The third kappa shape index (κ3) is 4.09. The molecule has 2 aromatic rings. The maximum absolute atomic E-state index is 13.6. The Morgan fingerprint density at radius 2 is 1.92 bits per heavy atom. The molecule has 0 aliphatic rings. The molecule has 0 spiro atoms. The standard InChI is InChI=1S/C16H16FNO5S/c1-10-3-5-12(8-15(10)24(18,20)21)16(19)23-9-11-4-6-14(22-2)13(17)7-11/h3-8H,9H2,1-2H3,(H2,18,20,21). The van der Waals surface area contributed by atoms with Gasteiger partial charge in [0.2, 0.25) is 10.0 Å². The van der Waals surface area contributed by atoms with Gasteiger partial charge in [-0.05, 0) is 42.3 Å². The average Bonchev–Trinajstić information content (AvgIpc) is 2.52. The Morgan fingerprint density at radius 1 is 1.21 bits per heavy atom. The van der Waals surface area contributed by atoms with Crippen LogP contribution in [0.5, 0.6) is 5.75 Å². The van der Waals surface area contributed by atoms with Gasteiger partial charge in [-0.15, -0.1) is 0 Å². The number of sulfonamides is 1. The fourth-order valence-electron chi connectivity index (χ4n) is 2.07. The lowest BCUT2D eigenvalue weighted by molar-refractivity contribution is 0.0472. The van der Waals surface area contributed by atoms with Gasteiger partial charge < -0.3 is 9.47 Å². The van der Waals surface area contributed by atoms with Crippen LogP contribution < -0.4 is 9.88 Å². The molecule has 0 aliphatic heterocycles. The summed E-state index contributed by atoms with van der Waals surface area (Å²) in [6.07, 6.45) is 0. The van der Waals surface area contributed by atoms with E-state index < -0.39 is 21.8 Å². The van der Waals surface area contributed by atoms with E-state index in [9.17, 15) is 17.6 Å². The Balaban J connectivity index is 2.15. The van der Waals surface area contributed by atoms with E-state index in [2.05, 4.69) is 0 Å². The summed E-state index contributed by atoms with van der Waals surface area (Å²) in [5.41, 5.74) is 0.894. The van der Waals surface area contributed by atoms with E-state index in [1.54, 1.807) is 13.0 Å². The average molecular weight is 353 g/mol. The van der Waals surface area contributed by atoms with Gasteiger partial charge in [0.05, 0.1) is 17.6 Å². The van der Waals surface area contributed by atoms with Crippen LogP contribution in [0.2, 0.25) is 0 Å².